The molecule has 46 valence electrons. The number of hydrogen-bond donors (Lipinski definition) is 0. The molecule has 0 spiro atoms. The van der Waals surface area contributed by atoms with Gasteiger partial charge in [-0.2, -0.15) is 0 Å². The minimum absolute atomic E-state index is 0. The molecule has 2 nitrogen and oxygen atoms in total. The van der Waals surface area contributed by atoms with Crippen molar-refractivity contribution in [2.45, 2.75) is 0 Å². The van der Waals surface area contributed by atoms with E-state index < -0.39 is 7.14 Å². The van der Waals surface area contributed by atoms with Crippen molar-refractivity contribution in [3.63, 3.8) is 0 Å². The molecule has 4 heteroatoms. The average molecular weight is 303 g/mol. The Morgan fingerprint density at radius 1 is 1.50 bits per heavy atom. The zero-order valence-corrected chi connectivity index (χ0v) is 8.71. The van der Waals surface area contributed by atoms with Crippen molar-refractivity contribution < 1.29 is 30.4 Å². The number of hydrogen-bond acceptors (Lipinski definition) is 2. The Hall–Kier alpha value is 0.588. The summed E-state index contributed by atoms with van der Waals surface area (Å²) in [6.45, 7) is 3.13. The Labute approximate surface area is 63.7 Å². The predicted octanol–water partition coefficient (Wildman–Crippen LogP) is 0.716. The Bertz CT molecular complexity index is 107. The van der Waals surface area contributed by atoms with Crippen LogP contribution < -0.4 is 0 Å². The van der Waals surface area contributed by atoms with Gasteiger partial charge in [-0.3, -0.25) is 6.29 Å². The minimum atomic E-state index is -2.09. The zero-order chi connectivity index (χ0) is 5.91. The molecule has 0 aliphatic carbocycles. The molecular weight excluding hydrogens is 295 g/mol. The SMILES string of the molecule is CP(C)(=O)C[C-]=O.[W+2]. The van der Waals surface area contributed by atoms with E-state index in [1.807, 2.05) is 0 Å². The van der Waals surface area contributed by atoms with Crippen molar-refractivity contribution in [1.29, 1.82) is 0 Å². The van der Waals surface area contributed by atoms with Crippen LogP contribution in [0.5, 0.6) is 0 Å². The molecule has 0 saturated carbocycles. The van der Waals surface area contributed by atoms with Gasteiger partial charge >= 0.3 is 21.1 Å². The first-order chi connectivity index (χ1) is 3.06. The standard InChI is InChI=1S/C4H8O2P.W/c1-7(2,6)4-3-5;/h4H2,1-2H3;/q-1;+2. The zero-order valence-electron chi connectivity index (χ0n) is 4.88. The summed E-state index contributed by atoms with van der Waals surface area (Å²) >= 11 is 0. The Balaban J connectivity index is 0. The molecule has 0 radical (unpaired) electrons. The van der Waals surface area contributed by atoms with Crippen molar-refractivity contribution in [2.75, 3.05) is 19.5 Å². The third-order valence-corrected chi connectivity index (χ3v) is 1.34. The summed E-state index contributed by atoms with van der Waals surface area (Å²) in [6.07, 6.45) is 1.68. The molecule has 0 unspecified atom stereocenters. The van der Waals surface area contributed by atoms with Crippen LogP contribution in [-0.2, 0) is 30.4 Å². The van der Waals surface area contributed by atoms with Crippen molar-refractivity contribution in [3.8, 4) is 0 Å². The van der Waals surface area contributed by atoms with Crippen LogP contribution in [0.15, 0.2) is 0 Å². The maximum atomic E-state index is 10.6. The van der Waals surface area contributed by atoms with E-state index >= 15 is 0 Å². The number of carbonyl (C=O) groups excluding carboxylic acids is 1. The summed E-state index contributed by atoms with van der Waals surface area (Å²) in [5, 5.41) is 0. The molecule has 0 bridgehead atoms. The van der Waals surface area contributed by atoms with Crippen LogP contribution >= 0.6 is 7.14 Å². The van der Waals surface area contributed by atoms with Gasteiger partial charge in [0, 0.05) is 0 Å². The summed E-state index contributed by atoms with van der Waals surface area (Å²) in [4.78, 5) is 9.52. The van der Waals surface area contributed by atoms with Crippen LogP contribution in [0.3, 0.4) is 0 Å². The molecule has 0 rings (SSSR count). The second-order valence-corrected chi connectivity index (χ2v) is 5.34. The normalized spacial score (nSPS) is 9.75. The topological polar surface area (TPSA) is 34.1 Å². The van der Waals surface area contributed by atoms with Crippen LogP contribution in [0.4, 0.5) is 0 Å². The van der Waals surface area contributed by atoms with Gasteiger partial charge in [-0.15, -0.1) is 0 Å². The van der Waals surface area contributed by atoms with E-state index in [-0.39, 0.29) is 27.2 Å². The Morgan fingerprint density at radius 3 is 1.88 bits per heavy atom. The maximum Gasteiger partial charge on any atom is 2.00 e. The van der Waals surface area contributed by atoms with E-state index in [9.17, 15) is 9.36 Å². The van der Waals surface area contributed by atoms with E-state index in [4.69, 9.17) is 0 Å². The van der Waals surface area contributed by atoms with Gasteiger partial charge in [-0.25, -0.2) is 0 Å². The first-order valence-corrected chi connectivity index (χ1v) is 4.74. The molecule has 0 saturated heterocycles. The largest absolute Gasteiger partial charge is 2.00 e. The summed E-state index contributed by atoms with van der Waals surface area (Å²) in [6, 6.07) is 0. The van der Waals surface area contributed by atoms with Gasteiger partial charge < -0.3 is 9.36 Å². The molecule has 0 aliphatic heterocycles. The van der Waals surface area contributed by atoms with Crippen molar-refractivity contribution in [3.05, 3.63) is 0 Å². The van der Waals surface area contributed by atoms with E-state index in [0.717, 1.165) is 0 Å². The van der Waals surface area contributed by atoms with E-state index in [1.165, 1.54) is 0 Å². The average Bonchev–Trinajstić information content (AvgIpc) is 1.30. The fourth-order valence-electron chi connectivity index (χ4n) is 0.155. The first kappa shape index (κ1) is 11.4. The van der Waals surface area contributed by atoms with Crippen LogP contribution in [0.2, 0.25) is 0 Å². The molecule has 0 aromatic carbocycles. The molecule has 0 aromatic rings. The van der Waals surface area contributed by atoms with Gasteiger partial charge in [-0.1, -0.05) is 6.16 Å². The summed E-state index contributed by atoms with van der Waals surface area (Å²) in [7, 11) is -2.09. The van der Waals surface area contributed by atoms with Gasteiger partial charge in [0.15, 0.2) is 0 Å². The quantitative estimate of drug-likeness (QED) is 0.556. The Kier molecular flexibility index (Phi) is 6.36. The van der Waals surface area contributed by atoms with Crippen LogP contribution in [0, 0.1) is 0 Å². The fraction of sp³-hybridized carbons (Fsp3) is 0.750. The van der Waals surface area contributed by atoms with Gasteiger partial charge in [0.25, 0.3) is 0 Å². The summed E-state index contributed by atoms with van der Waals surface area (Å²) in [5.41, 5.74) is 0. The molecule has 8 heavy (non-hydrogen) atoms. The Morgan fingerprint density at radius 2 is 1.88 bits per heavy atom. The van der Waals surface area contributed by atoms with Crippen molar-refractivity contribution in [2.24, 2.45) is 0 Å². The predicted molar refractivity (Wildman–Crippen MR) is 30.0 cm³/mol. The first-order valence-electron chi connectivity index (χ1n) is 1.95. The second-order valence-electron chi connectivity index (χ2n) is 1.88. The van der Waals surface area contributed by atoms with Gasteiger partial charge in [0.2, 0.25) is 0 Å². The molecule has 0 aliphatic rings. The van der Waals surface area contributed by atoms with Gasteiger partial charge in [0.1, 0.15) is 0 Å². The molecular formula is C4H8O2PW+. The minimum Gasteiger partial charge on any atom is -0.541 e. The van der Waals surface area contributed by atoms with Crippen LogP contribution in [0.25, 0.3) is 0 Å². The second kappa shape index (κ2) is 4.47. The van der Waals surface area contributed by atoms with Gasteiger partial charge in [0.05, 0.1) is 7.14 Å². The number of rotatable bonds is 2. The van der Waals surface area contributed by atoms with Gasteiger partial charge in [-0.05, 0) is 13.3 Å². The molecule has 0 N–H and O–H groups in total. The van der Waals surface area contributed by atoms with Crippen molar-refractivity contribution in [1.82, 2.24) is 0 Å². The van der Waals surface area contributed by atoms with E-state index in [0.29, 0.717) is 0 Å². The monoisotopic (exact) mass is 303 g/mol. The van der Waals surface area contributed by atoms with Crippen LogP contribution in [-0.4, -0.2) is 25.8 Å². The maximum absolute atomic E-state index is 10.6. The molecule has 0 fully saturated rings. The van der Waals surface area contributed by atoms with E-state index in [2.05, 4.69) is 0 Å². The third kappa shape index (κ3) is 9.77. The smallest absolute Gasteiger partial charge is 0.541 e. The van der Waals surface area contributed by atoms with Crippen molar-refractivity contribution >= 4 is 13.4 Å². The molecule has 0 heterocycles. The van der Waals surface area contributed by atoms with E-state index in [1.54, 1.807) is 19.6 Å². The summed E-state index contributed by atoms with van der Waals surface area (Å²) < 4.78 is 10.6. The third-order valence-electron chi connectivity index (χ3n) is 0.445. The summed E-state index contributed by atoms with van der Waals surface area (Å²) in [5.74, 6) is 0. The molecule has 0 amide bonds. The molecule has 0 atom stereocenters. The van der Waals surface area contributed by atoms with Crippen LogP contribution in [0.1, 0.15) is 0 Å². The molecule has 0 aromatic heterocycles. The fourth-order valence-corrected chi connectivity index (χ4v) is 0.466.